The van der Waals surface area contributed by atoms with E-state index in [0.717, 1.165) is 16.5 Å². The van der Waals surface area contributed by atoms with Crippen molar-refractivity contribution in [2.75, 3.05) is 6.61 Å². The van der Waals surface area contributed by atoms with Gasteiger partial charge in [-0.1, -0.05) is 0 Å². The molecule has 0 amide bonds. The van der Waals surface area contributed by atoms with Gasteiger partial charge in [-0.15, -0.1) is 0 Å². The highest BCUT2D eigenvalue weighted by atomic mass is 16.7. The number of rotatable bonds is 5. The summed E-state index contributed by atoms with van der Waals surface area (Å²) in [4.78, 5) is 14.2. The molecule has 1 saturated heterocycles. The standard InChI is InChI=1S/C16H19NO8/c18-4-3-7-6-17-10-2-1-8(5-9(7)10)24-16-13(21)11(19)12(20)14(25-16)15(22)23/h1-2,5-6,11-14,16-21H,3-4H2,(H,22,23). The number of carbonyl (C=O) groups is 1. The minimum absolute atomic E-state index is 0.0210. The van der Waals surface area contributed by atoms with E-state index in [1.165, 1.54) is 0 Å². The van der Waals surface area contributed by atoms with Crippen LogP contribution in [0.2, 0.25) is 0 Å². The van der Waals surface area contributed by atoms with Gasteiger partial charge in [-0.3, -0.25) is 0 Å². The Hall–Kier alpha value is -2.17. The lowest BCUT2D eigenvalue weighted by molar-refractivity contribution is -0.271. The van der Waals surface area contributed by atoms with Crippen LogP contribution >= 0.6 is 0 Å². The highest BCUT2D eigenvalue weighted by Crippen LogP contribution is 2.28. The molecule has 5 unspecified atom stereocenters. The van der Waals surface area contributed by atoms with Crippen LogP contribution < -0.4 is 4.74 Å². The molecule has 0 spiro atoms. The van der Waals surface area contributed by atoms with Gasteiger partial charge in [0.25, 0.3) is 0 Å². The number of fused-ring (bicyclic) bond motifs is 1. The van der Waals surface area contributed by atoms with E-state index in [9.17, 15) is 20.1 Å². The molecule has 6 N–H and O–H groups in total. The highest BCUT2D eigenvalue weighted by Gasteiger charge is 2.48. The van der Waals surface area contributed by atoms with Crippen molar-refractivity contribution in [2.24, 2.45) is 0 Å². The Morgan fingerprint density at radius 2 is 1.96 bits per heavy atom. The first-order valence-electron chi connectivity index (χ1n) is 7.72. The van der Waals surface area contributed by atoms with Gasteiger partial charge in [-0.2, -0.15) is 0 Å². The van der Waals surface area contributed by atoms with E-state index in [1.54, 1.807) is 24.4 Å². The second-order valence-electron chi connectivity index (χ2n) is 5.85. The first-order valence-corrected chi connectivity index (χ1v) is 7.72. The van der Waals surface area contributed by atoms with Crippen LogP contribution in [0.25, 0.3) is 10.9 Å². The number of carboxylic acids is 1. The molecular weight excluding hydrogens is 334 g/mol. The van der Waals surface area contributed by atoms with Crippen molar-refractivity contribution in [3.8, 4) is 5.75 Å². The predicted octanol–water partition coefficient (Wildman–Crippen LogP) is -1.03. The van der Waals surface area contributed by atoms with Crippen LogP contribution in [-0.4, -0.2) is 73.8 Å². The van der Waals surface area contributed by atoms with Crippen LogP contribution in [0.3, 0.4) is 0 Å². The molecule has 0 saturated carbocycles. The number of aliphatic hydroxyl groups is 4. The normalized spacial score (nSPS) is 29.7. The summed E-state index contributed by atoms with van der Waals surface area (Å²) in [5.41, 5.74) is 1.69. The van der Waals surface area contributed by atoms with Crippen LogP contribution in [0.5, 0.6) is 5.75 Å². The summed E-state index contributed by atoms with van der Waals surface area (Å²) in [5, 5.41) is 48.4. The van der Waals surface area contributed by atoms with Gasteiger partial charge in [0.1, 0.15) is 24.1 Å². The van der Waals surface area contributed by atoms with Crippen molar-refractivity contribution in [3.05, 3.63) is 30.0 Å². The molecule has 1 aliphatic heterocycles. The molecule has 0 radical (unpaired) electrons. The van der Waals surface area contributed by atoms with Crippen LogP contribution in [-0.2, 0) is 16.0 Å². The van der Waals surface area contributed by atoms with Crippen molar-refractivity contribution in [1.82, 2.24) is 4.98 Å². The number of carboxylic acid groups (broad SMARTS) is 1. The number of nitrogens with one attached hydrogen (secondary N) is 1. The van der Waals surface area contributed by atoms with Crippen molar-refractivity contribution in [2.45, 2.75) is 37.1 Å². The summed E-state index contributed by atoms with van der Waals surface area (Å²) in [7, 11) is 0. The van der Waals surface area contributed by atoms with E-state index in [-0.39, 0.29) is 12.4 Å². The van der Waals surface area contributed by atoms with E-state index < -0.39 is 36.7 Å². The zero-order valence-corrected chi connectivity index (χ0v) is 13.1. The number of aromatic nitrogens is 1. The van der Waals surface area contributed by atoms with Gasteiger partial charge in [0.15, 0.2) is 6.10 Å². The summed E-state index contributed by atoms with van der Waals surface area (Å²) in [6, 6.07) is 4.96. The quantitative estimate of drug-likeness (QED) is 0.399. The Morgan fingerprint density at radius 1 is 1.20 bits per heavy atom. The van der Waals surface area contributed by atoms with E-state index in [1.807, 2.05) is 0 Å². The van der Waals surface area contributed by atoms with Gasteiger partial charge in [-0.25, -0.2) is 4.79 Å². The Morgan fingerprint density at radius 3 is 2.64 bits per heavy atom. The van der Waals surface area contributed by atoms with Gasteiger partial charge in [0.05, 0.1) is 0 Å². The number of aliphatic hydroxyl groups excluding tert-OH is 4. The first-order chi connectivity index (χ1) is 11.9. The highest BCUT2D eigenvalue weighted by molar-refractivity contribution is 5.84. The predicted molar refractivity (Wildman–Crippen MR) is 84.0 cm³/mol. The maximum Gasteiger partial charge on any atom is 0.335 e. The smallest absolute Gasteiger partial charge is 0.335 e. The molecule has 136 valence electrons. The fraction of sp³-hybridized carbons (Fsp3) is 0.438. The molecule has 1 aromatic carbocycles. The van der Waals surface area contributed by atoms with Crippen LogP contribution in [0.4, 0.5) is 0 Å². The number of ether oxygens (including phenoxy) is 2. The van der Waals surface area contributed by atoms with Crippen molar-refractivity contribution in [3.63, 3.8) is 0 Å². The molecule has 1 aliphatic rings. The first kappa shape index (κ1) is 17.6. The fourth-order valence-corrected chi connectivity index (χ4v) is 2.84. The number of benzene rings is 1. The number of aliphatic carboxylic acids is 1. The third kappa shape index (κ3) is 3.32. The van der Waals surface area contributed by atoms with Crippen LogP contribution in [0.1, 0.15) is 5.56 Å². The molecule has 5 atom stereocenters. The largest absolute Gasteiger partial charge is 0.479 e. The third-order valence-corrected chi connectivity index (χ3v) is 4.19. The third-order valence-electron chi connectivity index (χ3n) is 4.19. The Labute approximate surface area is 142 Å². The molecule has 0 aliphatic carbocycles. The molecule has 9 nitrogen and oxygen atoms in total. The lowest BCUT2D eigenvalue weighted by atomic mass is 9.99. The van der Waals surface area contributed by atoms with Crippen LogP contribution in [0.15, 0.2) is 24.4 Å². The lowest BCUT2D eigenvalue weighted by Gasteiger charge is -2.38. The molecule has 1 aromatic heterocycles. The second-order valence-corrected chi connectivity index (χ2v) is 5.85. The Bertz CT molecular complexity index is 760. The van der Waals surface area contributed by atoms with Gasteiger partial charge >= 0.3 is 5.97 Å². The summed E-state index contributed by atoms with van der Waals surface area (Å²) in [6.45, 7) is -0.0210. The molecular formula is C16H19NO8. The number of aromatic amines is 1. The minimum Gasteiger partial charge on any atom is -0.479 e. The minimum atomic E-state index is -1.77. The molecule has 0 bridgehead atoms. The summed E-state index contributed by atoms with van der Waals surface area (Å²) < 4.78 is 10.6. The topological polar surface area (TPSA) is 152 Å². The summed E-state index contributed by atoms with van der Waals surface area (Å²) in [5.74, 6) is -1.19. The number of H-pyrrole nitrogens is 1. The molecule has 2 aromatic rings. The molecule has 25 heavy (non-hydrogen) atoms. The van der Waals surface area contributed by atoms with Crippen molar-refractivity contribution in [1.29, 1.82) is 0 Å². The Balaban J connectivity index is 1.84. The van der Waals surface area contributed by atoms with E-state index in [2.05, 4.69) is 4.98 Å². The maximum absolute atomic E-state index is 11.1. The average molecular weight is 353 g/mol. The van der Waals surface area contributed by atoms with E-state index >= 15 is 0 Å². The molecule has 2 heterocycles. The average Bonchev–Trinajstić information content (AvgIpc) is 2.98. The van der Waals surface area contributed by atoms with Gasteiger partial charge in [0, 0.05) is 23.7 Å². The van der Waals surface area contributed by atoms with E-state index in [0.29, 0.717) is 6.42 Å². The monoisotopic (exact) mass is 353 g/mol. The molecule has 1 fully saturated rings. The van der Waals surface area contributed by atoms with Crippen molar-refractivity contribution >= 4 is 16.9 Å². The van der Waals surface area contributed by atoms with Gasteiger partial charge in [-0.05, 0) is 30.2 Å². The van der Waals surface area contributed by atoms with Gasteiger partial charge < -0.3 is 40.0 Å². The second kappa shape index (κ2) is 6.98. The zero-order chi connectivity index (χ0) is 18.1. The lowest BCUT2D eigenvalue weighted by Crippen LogP contribution is -2.61. The maximum atomic E-state index is 11.1. The van der Waals surface area contributed by atoms with Crippen LogP contribution in [0, 0.1) is 0 Å². The van der Waals surface area contributed by atoms with E-state index in [4.69, 9.17) is 19.7 Å². The zero-order valence-electron chi connectivity index (χ0n) is 13.1. The summed E-state index contributed by atoms with van der Waals surface area (Å²) >= 11 is 0. The fourth-order valence-electron chi connectivity index (χ4n) is 2.84. The molecule has 3 rings (SSSR count). The summed E-state index contributed by atoms with van der Waals surface area (Å²) in [6.07, 6.45) is -6.09. The van der Waals surface area contributed by atoms with Crippen molar-refractivity contribution < 1.29 is 39.8 Å². The SMILES string of the molecule is O=C(O)C1OC(Oc2ccc3[nH]cc(CCO)c3c2)C(O)C(O)C1O. The number of hydrogen-bond donors (Lipinski definition) is 6. The molecule has 9 heteroatoms. The Kier molecular flexibility index (Phi) is 4.93. The van der Waals surface area contributed by atoms with Gasteiger partial charge in [0.2, 0.25) is 6.29 Å². The number of hydrogen-bond acceptors (Lipinski definition) is 7.